The van der Waals surface area contributed by atoms with Gasteiger partial charge in [0.25, 0.3) is 0 Å². The molecule has 0 amide bonds. The maximum Gasteiger partial charge on any atom is 0.0782 e. The molecule has 0 saturated heterocycles. The second-order valence-corrected chi connectivity index (χ2v) is 14.5. The van der Waals surface area contributed by atoms with Crippen LogP contribution in [-0.4, -0.2) is 4.57 Å². The third-order valence-electron chi connectivity index (χ3n) is 11.6. The first-order valence-electron chi connectivity index (χ1n) is 19.0. The summed E-state index contributed by atoms with van der Waals surface area (Å²) in [6.07, 6.45) is 0. The highest BCUT2D eigenvalue weighted by Gasteiger charge is 2.46. The Morgan fingerprint density at radius 1 is 0.382 bits per heavy atom. The van der Waals surface area contributed by atoms with Crippen LogP contribution in [0.3, 0.4) is 0 Å². The van der Waals surface area contributed by atoms with Crippen molar-refractivity contribution in [2.45, 2.75) is 5.41 Å². The molecular weight excluding hydrogens is 665 g/mol. The summed E-state index contributed by atoms with van der Waals surface area (Å²) in [5, 5.41) is 4.90. The molecule has 0 aliphatic heterocycles. The van der Waals surface area contributed by atoms with E-state index in [1.807, 2.05) is 0 Å². The fraction of sp³-hybridized carbons (Fsp3) is 0.0189. The van der Waals surface area contributed by atoms with Crippen LogP contribution in [0.4, 0.5) is 17.1 Å². The highest BCUT2D eigenvalue weighted by atomic mass is 15.2. The Morgan fingerprint density at radius 3 is 1.75 bits per heavy atom. The number of nitrogens with zero attached hydrogens (tertiary/aromatic N) is 2. The summed E-state index contributed by atoms with van der Waals surface area (Å²) in [5.74, 6) is 0. The predicted octanol–water partition coefficient (Wildman–Crippen LogP) is 13.8. The third kappa shape index (κ3) is 4.62. The van der Waals surface area contributed by atoms with Gasteiger partial charge >= 0.3 is 0 Å². The van der Waals surface area contributed by atoms with Gasteiger partial charge in [-0.15, -0.1) is 0 Å². The lowest BCUT2D eigenvalue weighted by Gasteiger charge is -2.35. The van der Waals surface area contributed by atoms with Crippen molar-refractivity contribution in [3.05, 3.63) is 241 Å². The number of rotatable bonds is 6. The summed E-state index contributed by atoms with van der Waals surface area (Å²) in [6.45, 7) is 0. The second kappa shape index (κ2) is 12.5. The van der Waals surface area contributed by atoms with E-state index < -0.39 is 5.41 Å². The molecule has 0 N–H and O–H groups in total. The number of anilines is 3. The zero-order valence-corrected chi connectivity index (χ0v) is 30.2. The summed E-state index contributed by atoms with van der Waals surface area (Å²) in [5.41, 5.74) is 14.0. The molecule has 0 atom stereocenters. The summed E-state index contributed by atoms with van der Waals surface area (Å²) in [6, 6.07) is 80.1. The molecule has 55 heavy (non-hydrogen) atoms. The van der Waals surface area contributed by atoms with E-state index in [4.69, 9.17) is 0 Å². The monoisotopic (exact) mass is 700 g/mol. The van der Waals surface area contributed by atoms with Crippen LogP contribution in [0.2, 0.25) is 0 Å². The van der Waals surface area contributed by atoms with Crippen LogP contribution in [0.1, 0.15) is 22.3 Å². The van der Waals surface area contributed by atoms with Crippen LogP contribution in [0.5, 0.6) is 0 Å². The van der Waals surface area contributed by atoms with Gasteiger partial charge in [-0.25, -0.2) is 0 Å². The van der Waals surface area contributed by atoms with E-state index in [0.29, 0.717) is 0 Å². The molecule has 0 spiro atoms. The first kappa shape index (κ1) is 31.4. The highest BCUT2D eigenvalue weighted by molar-refractivity contribution is 6.15. The highest BCUT2D eigenvalue weighted by Crippen LogP contribution is 2.57. The summed E-state index contributed by atoms with van der Waals surface area (Å²) < 4.78 is 2.49. The van der Waals surface area contributed by atoms with Crippen LogP contribution in [0, 0.1) is 0 Å². The van der Waals surface area contributed by atoms with Gasteiger partial charge in [-0.3, -0.25) is 0 Å². The standard InChI is InChI=1S/C53H36N2/c1-4-20-38(21-5-1)53(39-22-6-2-7-23-39)47-30-14-12-27-43(47)44-35-34-41(36-48(44)53)54(40-24-8-3-9-25-40)51-33-17-29-46-45-28-13-15-31-50(45)55(52(46)51)49-32-16-19-37-18-10-11-26-42(37)49/h1-36H. The molecule has 1 aliphatic carbocycles. The van der Waals surface area contributed by atoms with E-state index >= 15 is 0 Å². The van der Waals surface area contributed by atoms with Crippen LogP contribution >= 0.6 is 0 Å². The Morgan fingerprint density at radius 2 is 0.964 bits per heavy atom. The van der Waals surface area contributed by atoms with Gasteiger partial charge in [0.2, 0.25) is 0 Å². The number of hydrogen-bond donors (Lipinski definition) is 0. The Labute approximate surface area is 320 Å². The van der Waals surface area contributed by atoms with Crippen LogP contribution in [0.15, 0.2) is 218 Å². The lowest BCUT2D eigenvalue weighted by molar-refractivity contribution is 0.768. The molecule has 0 unspecified atom stereocenters. The molecule has 1 heterocycles. The average Bonchev–Trinajstić information content (AvgIpc) is 3.76. The fourth-order valence-electron chi connectivity index (χ4n) is 9.41. The predicted molar refractivity (Wildman–Crippen MR) is 230 cm³/mol. The average molecular weight is 701 g/mol. The Kier molecular flexibility index (Phi) is 7.11. The molecule has 1 aromatic heterocycles. The number of aromatic nitrogens is 1. The Bertz CT molecular complexity index is 2990. The summed E-state index contributed by atoms with van der Waals surface area (Å²) >= 11 is 0. The first-order valence-corrected chi connectivity index (χ1v) is 19.0. The SMILES string of the molecule is c1ccc(N(c2ccc3c(c2)C(c2ccccc2)(c2ccccc2)c2ccccc2-3)c2cccc3c4ccccc4n(-c4cccc5ccccc45)c23)cc1. The van der Waals surface area contributed by atoms with Crippen molar-refractivity contribution in [3.63, 3.8) is 0 Å². The fourth-order valence-corrected chi connectivity index (χ4v) is 9.41. The van der Waals surface area contributed by atoms with Gasteiger partial charge < -0.3 is 9.47 Å². The summed E-state index contributed by atoms with van der Waals surface area (Å²) in [7, 11) is 0. The maximum atomic E-state index is 2.49. The van der Waals surface area contributed by atoms with Crippen molar-refractivity contribution < 1.29 is 0 Å². The molecule has 11 rings (SSSR count). The minimum Gasteiger partial charge on any atom is -0.308 e. The van der Waals surface area contributed by atoms with Crippen molar-refractivity contribution in [2.24, 2.45) is 0 Å². The molecule has 258 valence electrons. The molecule has 2 nitrogen and oxygen atoms in total. The Hall–Kier alpha value is -7.16. The minimum atomic E-state index is -0.503. The number of fused-ring (bicyclic) bond motifs is 7. The van der Waals surface area contributed by atoms with Crippen molar-refractivity contribution in [3.8, 4) is 16.8 Å². The minimum absolute atomic E-state index is 0.503. The molecule has 0 bridgehead atoms. The van der Waals surface area contributed by atoms with Gasteiger partial charge in [-0.05, 0) is 81.2 Å². The molecule has 9 aromatic carbocycles. The zero-order valence-electron chi connectivity index (χ0n) is 30.2. The van der Waals surface area contributed by atoms with E-state index in [1.54, 1.807) is 0 Å². The molecule has 2 heteroatoms. The van der Waals surface area contributed by atoms with E-state index in [9.17, 15) is 0 Å². The first-order chi connectivity index (χ1) is 27.3. The molecule has 0 saturated carbocycles. The number of hydrogen-bond acceptors (Lipinski definition) is 1. The van der Waals surface area contributed by atoms with Gasteiger partial charge in [0.1, 0.15) is 0 Å². The maximum absolute atomic E-state index is 2.49. The van der Waals surface area contributed by atoms with Gasteiger partial charge in [0, 0.05) is 27.5 Å². The molecular formula is C53H36N2. The van der Waals surface area contributed by atoms with Gasteiger partial charge in [-0.2, -0.15) is 0 Å². The van der Waals surface area contributed by atoms with Gasteiger partial charge in [0.15, 0.2) is 0 Å². The number of benzene rings is 9. The van der Waals surface area contributed by atoms with Gasteiger partial charge in [0.05, 0.1) is 27.8 Å². The zero-order chi connectivity index (χ0) is 36.3. The van der Waals surface area contributed by atoms with Crippen molar-refractivity contribution in [2.75, 3.05) is 4.90 Å². The largest absolute Gasteiger partial charge is 0.308 e. The summed E-state index contributed by atoms with van der Waals surface area (Å²) in [4.78, 5) is 2.47. The lowest BCUT2D eigenvalue weighted by atomic mass is 9.67. The second-order valence-electron chi connectivity index (χ2n) is 14.5. The van der Waals surface area contributed by atoms with Crippen LogP contribution in [-0.2, 0) is 5.41 Å². The normalized spacial score (nSPS) is 12.9. The van der Waals surface area contributed by atoms with Crippen LogP contribution < -0.4 is 4.90 Å². The van der Waals surface area contributed by atoms with E-state index in [-0.39, 0.29) is 0 Å². The number of para-hydroxylation sites is 3. The topological polar surface area (TPSA) is 8.17 Å². The molecule has 0 fully saturated rings. The van der Waals surface area contributed by atoms with E-state index in [1.165, 1.54) is 71.6 Å². The molecule has 0 radical (unpaired) electrons. The molecule has 1 aliphatic rings. The quantitative estimate of drug-likeness (QED) is 0.168. The van der Waals surface area contributed by atoms with E-state index in [2.05, 4.69) is 228 Å². The van der Waals surface area contributed by atoms with Crippen molar-refractivity contribution in [1.82, 2.24) is 4.57 Å². The van der Waals surface area contributed by atoms with Crippen molar-refractivity contribution in [1.29, 1.82) is 0 Å². The van der Waals surface area contributed by atoms with Crippen LogP contribution in [0.25, 0.3) is 49.4 Å². The Balaban J connectivity index is 1.24. The van der Waals surface area contributed by atoms with Gasteiger partial charge in [-0.1, -0.05) is 176 Å². The lowest BCUT2D eigenvalue weighted by Crippen LogP contribution is -2.28. The van der Waals surface area contributed by atoms with E-state index in [0.717, 1.165) is 17.1 Å². The molecule has 10 aromatic rings. The third-order valence-corrected chi connectivity index (χ3v) is 11.6. The smallest absolute Gasteiger partial charge is 0.0782 e. The van der Waals surface area contributed by atoms with Crippen molar-refractivity contribution >= 4 is 49.6 Å².